The van der Waals surface area contributed by atoms with E-state index in [0.717, 1.165) is 16.9 Å². The molecule has 3 aromatic rings. The number of halogens is 1. The molecule has 1 aromatic heterocycles. The third-order valence-electron chi connectivity index (χ3n) is 3.98. The normalized spacial score (nSPS) is 10.6. The predicted molar refractivity (Wildman–Crippen MR) is 99.7 cm³/mol. The Morgan fingerprint density at radius 3 is 2.12 bits per heavy atom. The Morgan fingerprint density at radius 1 is 1.00 bits per heavy atom. The maximum absolute atomic E-state index is 13.0. The monoisotopic (exact) mass is 368 g/mol. The predicted octanol–water partition coefficient (Wildman–Crippen LogP) is 5.21. The zero-order valence-corrected chi connectivity index (χ0v) is 15.2. The molecule has 0 unspecified atom stereocenters. The van der Waals surface area contributed by atoms with E-state index in [0.29, 0.717) is 21.8 Å². The number of esters is 1. The minimum absolute atomic E-state index is 0.218. The first kappa shape index (κ1) is 18.0. The average Bonchev–Trinajstić information content (AvgIpc) is 3.03. The molecule has 0 atom stereocenters. The Morgan fingerprint density at radius 2 is 1.58 bits per heavy atom. The molecule has 0 fully saturated rings. The van der Waals surface area contributed by atoms with Crippen molar-refractivity contribution in [1.29, 1.82) is 0 Å². The van der Waals surface area contributed by atoms with Gasteiger partial charge in [0.2, 0.25) is 0 Å². The number of aryl methyl sites for hydroxylation is 2. The lowest BCUT2D eigenvalue weighted by Crippen LogP contribution is -2.07. The Labute approximate surface area is 155 Å². The van der Waals surface area contributed by atoms with Gasteiger partial charge < -0.3 is 4.74 Å². The van der Waals surface area contributed by atoms with Crippen LogP contribution in [-0.4, -0.2) is 11.8 Å². The van der Waals surface area contributed by atoms with Crippen molar-refractivity contribution in [2.75, 3.05) is 0 Å². The quantitative estimate of drug-likeness (QED) is 0.353. The summed E-state index contributed by atoms with van der Waals surface area (Å²) in [5.41, 5.74) is 1.93. The minimum Gasteiger partial charge on any atom is -0.422 e. The molecule has 0 aliphatic heterocycles. The molecule has 0 aliphatic carbocycles. The van der Waals surface area contributed by atoms with Crippen LogP contribution < -0.4 is 4.74 Å². The highest BCUT2D eigenvalue weighted by molar-refractivity contribution is 7.14. The van der Waals surface area contributed by atoms with E-state index in [-0.39, 0.29) is 11.6 Å². The van der Waals surface area contributed by atoms with Gasteiger partial charge in [0, 0.05) is 16.0 Å². The topological polar surface area (TPSA) is 43.4 Å². The zero-order valence-electron chi connectivity index (χ0n) is 14.4. The average molecular weight is 368 g/mol. The largest absolute Gasteiger partial charge is 0.422 e. The second-order valence-electron chi connectivity index (χ2n) is 5.82. The van der Waals surface area contributed by atoms with Crippen molar-refractivity contribution in [3.8, 4) is 5.75 Å². The number of ether oxygens (including phenoxy) is 1. The molecule has 0 aliphatic rings. The fraction of sp³-hybridized carbons (Fsp3) is 0.143. The van der Waals surface area contributed by atoms with E-state index in [1.54, 1.807) is 24.3 Å². The number of carbonyl (C=O) groups excluding carboxylic acids is 2. The van der Waals surface area contributed by atoms with E-state index in [9.17, 15) is 14.0 Å². The second-order valence-corrected chi connectivity index (χ2v) is 6.96. The molecule has 2 aromatic carbocycles. The molecule has 0 bridgehead atoms. The van der Waals surface area contributed by atoms with Crippen LogP contribution in [0.4, 0.5) is 4.39 Å². The van der Waals surface area contributed by atoms with Crippen LogP contribution in [0.15, 0.2) is 54.6 Å². The summed E-state index contributed by atoms with van der Waals surface area (Å²) >= 11 is 1.43. The molecule has 0 N–H and O–H groups in total. The lowest BCUT2D eigenvalue weighted by Gasteiger charge is -2.05. The third kappa shape index (κ3) is 3.89. The first-order valence-corrected chi connectivity index (χ1v) is 9.01. The van der Waals surface area contributed by atoms with Gasteiger partial charge in [-0.05, 0) is 73.5 Å². The Hall–Kier alpha value is -2.79. The molecular formula is C21H17FO3S. The summed E-state index contributed by atoms with van der Waals surface area (Å²) in [4.78, 5) is 26.3. The van der Waals surface area contributed by atoms with Gasteiger partial charge >= 0.3 is 5.97 Å². The summed E-state index contributed by atoms with van der Waals surface area (Å²) in [6, 6.07) is 13.5. The highest BCUT2D eigenvalue weighted by Crippen LogP contribution is 2.24. The summed E-state index contributed by atoms with van der Waals surface area (Å²) < 4.78 is 18.3. The van der Waals surface area contributed by atoms with Crippen LogP contribution in [0.3, 0.4) is 0 Å². The molecule has 0 spiro atoms. The van der Waals surface area contributed by atoms with Crippen LogP contribution in [0.2, 0.25) is 0 Å². The van der Waals surface area contributed by atoms with Crippen LogP contribution >= 0.6 is 11.3 Å². The van der Waals surface area contributed by atoms with E-state index < -0.39 is 5.97 Å². The Balaban J connectivity index is 1.71. The van der Waals surface area contributed by atoms with Crippen LogP contribution in [0.25, 0.3) is 0 Å². The van der Waals surface area contributed by atoms with Crippen molar-refractivity contribution < 1.29 is 18.7 Å². The lowest BCUT2D eigenvalue weighted by atomic mass is 10.0. The van der Waals surface area contributed by atoms with Gasteiger partial charge in [0.15, 0.2) is 5.78 Å². The second kappa shape index (κ2) is 7.62. The van der Waals surface area contributed by atoms with E-state index in [4.69, 9.17) is 4.74 Å². The number of rotatable bonds is 5. The number of carbonyl (C=O) groups is 2. The molecule has 26 heavy (non-hydrogen) atoms. The molecule has 5 heteroatoms. The highest BCUT2D eigenvalue weighted by Gasteiger charge is 2.15. The number of hydrogen-bond acceptors (Lipinski definition) is 4. The van der Waals surface area contributed by atoms with Gasteiger partial charge in [0.05, 0.1) is 0 Å². The summed E-state index contributed by atoms with van der Waals surface area (Å²) in [7, 11) is 0. The van der Waals surface area contributed by atoms with Gasteiger partial charge in [-0.2, -0.15) is 0 Å². The van der Waals surface area contributed by atoms with Crippen molar-refractivity contribution in [3.63, 3.8) is 0 Å². The van der Waals surface area contributed by atoms with Crippen LogP contribution in [0.1, 0.15) is 43.0 Å². The maximum atomic E-state index is 13.0. The molecule has 0 saturated heterocycles. The van der Waals surface area contributed by atoms with Crippen LogP contribution in [-0.2, 0) is 6.42 Å². The van der Waals surface area contributed by atoms with Gasteiger partial charge in [-0.1, -0.05) is 6.92 Å². The van der Waals surface area contributed by atoms with Gasteiger partial charge in [-0.15, -0.1) is 11.3 Å². The van der Waals surface area contributed by atoms with Crippen molar-refractivity contribution in [2.45, 2.75) is 20.3 Å². The molecule has 132 valence electrons. The fourth-order valence-electron chi connectivity index (χ4n) is 2.57. The Kier molecular flexibility index (Phi) is 5.28. The third-order valence-corrected chi connectivity index (χ3v) is 5.34. The summed E-state index contributed by atoms with van der Waals surface area (Å²) in [5.74, 6) is -0.645. The van der Waals surface area contributed by atoms with E-state index in [2.05, 4.69) is 0 Å². The number of hydrogen-bond donors (Lipinski definition) is 0. The summed E-state index contributed by atoms with van der Waals surface area (Å²) in [5, 5.41) is 0. The van der Waals surface area contributed by atoms with Crippen LogP contribution in [0, 0.1) is 12.7 Å². The van der Waals surface area contributed by atoms with E-state index in [1.807, 2.05) is 19.9 Å². The number of ketones is 1. The molecule has 3 rings (SSSR count). The number of benzene rings is 2. The first-order chi connectivity index (χ1) is 12.5. The van der Waals surface area contributed by atoms with Gasteiger partial charge in [-0.3, -0.25) is 4.79 Å². The fourth-order valence-corrected chi connectivity index (χ4v) is 3.56. The lowest BCUT2D eigenvalue weighted by molar-refractivity contribution is 0.0739. The molecule has 0 saturated carbocycles. The Bertz CT molecular complexity index is 940. The zero-order chi connectivity index (χ0) is 18.7. The molecule has 0 amide bonds. The van der Waals surface area contributed by atoms with E-state index in [1.165, 1.54) is 35.6 Å². The molecule has 3 nitrogen and oxygen atoms in total. The molecule has 0 radical (unpaired) electrons. The molecular weight excluding hydrogens is 351 g/mol. The van der Waals surface area contributed by atoms with Crippen LogP contribution in [0.5, 0.6) is 5.75 Å². The maximum Gasteiger partial charge on any atom is 0.353 e. The number of thiophene rings is 1. The summed E-state index contributed by atoms with van der Waals surface area (Å²) in [6.07, 6.45) is 0.879. The summed E-state index contributed by atoms with van der Waals surface area (Å²) in [6.45, 7) is 4.02. The first-order valence-electron chi connectivity index (χ1n) is 8.19. The van der Waals surface area contributed by atoms with Crippen molar-refractivity contribution in [2.24, 2.45) is 0 Å². The van der Waals surface area contributed by atoms with Gasteiger partial charge in [0.1, 0.15) is 16.4 Å². The van der Waals surface area contributed by atoms with Gasteiger partial charge in [0.25, 0.3) is 0 Å². The van der Waals surface area contributed by atoms with Crippen molar-refractivity contribution in [3.05, 3.63) is 86.9 Å². The standard InChI is InChI=1S/C21H17FO3S/c1-3-18-13(2)12-19(26-18)21(24)25-17-10-6-15(7-11-17)20(23)14-4-8-16(22)9-5-14/h4-12H,3H2,1-2H3. The SMILES string of the molecule is CCc1sc(C(=O)Oc2ccc(C(=O)c3ccc(F)cc3)cc2)cc1C. The van der Waals surface area contributed by atoms with Gasteiger partial charge in [-0.25, -0.2) is 9.18 Å². The van der Waals surface area contributed by atoms with Crippen molar-refractivity contribution >= 4 is 23.1 Å². The minimum atomic E-state index is -0.407. The smallest absolute Gasteiger partial charge is 0.353 e. The van der Waals surface area contributed by atoms with E-state index >= 15 is 0 Å². The van der Waals surface area contributed by atoms with Crippen molar-refractivity contribution in [1.82, 2.24) is 0 Å². The highest BCUT2D eigenvalue weighted by atomic mass is 32.1. The molecule has 1 heterocycles.